The Labute approximate surface area is 113 Å². The van der Waals surface area contributed by atoms with Crippen molar-refractivity contribution in [1.29, 1.82) is 0 Å². The van der Waals surface area contributed by atoms with Gasteiger partial charge in [-0.05, 0) is 17.2 Å². The van der Waals surface area contributed by atoms with Crippen molar-refractivity contribution < 1.29 is 12.4 Å². The molecular weight excluding hydrogens is 253 g/mol. The lowest BCUT2D eigenvalue weighted by atomic mass is 10.2. The lowest BCUT2D eigenvalue weighted by molar-refractivity contribution is -0.00000315. The van der Waals surface area contributed by atoms with Crippen molar-refractivity contribution in [3.05, 3.63) is 70.7 Å². The van der Waals surface area contributed by atoms with Gasteiger partial charge in [0.15, 0.2) is 0 Å². The molecule has 0 radical (unpaired) electrons. The highest BCUT2D eigenvalue weighted by atomic mass is 35.5. The van der Waals surface area contributed by atoms with E-state index in [1.54, 1.807) is 0 Å². The summed E-state index contributed by atoms with van der Waals surface area (Å²) in [4.78, 5) is 0. The number of hydrogen-bond donors (Lipinski definition) is 1. The second kappa shape index (κ2) is 7.33. The van der Waals surface area contributed by atoms with Gasteiger partial charge >= 0.3 is 0 Å². The molecule has 0 unspecified atom stereocenters. The molecule has 0 spiro atoms. The minimum Gasteiger partial charge on any atom is -1.00 e. The minimum absolute atomic E-state index is 0. The molecule has 0 aliphatic carbocycles. The zero-order valence-electron chi connectivity index (χ0n) is 9.37. The van der Waals surface area contributed by atoms with E-state index in [0.717, 1.165) is 23.7 Å². The Balaban J connectivity index is 0.00000144. The molecule has 3 heteroatoms. The second-order valence-corrected chi connectivity index (χ2v) is 4.09. The SMILES string of the molecule is Clc1ccccc1CNCc1ccccc1.[Cl-]. The average molecular weight is 267 g/mol. The third-order valence-corrected chi connectivity index (χ3v) is 2.81. The molecule has 1 N–H and O–H groups in total. The van der Waals surface area contributed by atoms with Crippen molar-refractivity contribution in [2.24, 2.45) is 0 Å². The number of rotatable bonds is 4. The van der Waals surface area contributed by atoms with Crippen LogP contribution in [-0.4, -0.2) is 0 Å². The third kappa shape index (κ3) is 4.39. The van der Waals surface area contributed by atoms with Crippen molar-refractivity contribution in [2.45, 2.75) is 13.1 Å². The maximum atomic E-state index is 6.07. The Bertz CT molecular complexity index is 443. The van der Waals surface area contributed by atoms with E-state index in [-0.39, 0.29) is 12.4 Å². The number of halogens is 2. The molecule has 0 heterocycles. The quantitative estimate of drug-likeness (QED) is 0.857. The van der Waals surface area contributed by atoms with Crippen LogP contribution >= 0.6 is 11.6 Å². The predicted molar refractivity (Wildman–Crippen MR) is 68.4 cm³/mol. The van der Waals surface area contributed by atoms with Gasteiger partial charge in [-0.1, -0.05) is 60.1 Å². The van der Waals surface area contributed by atoms with E-state index in [9.17, 15) is 0 Å². The maximum absolute atomic E-state index is 6.07. The van der Waals surface area contributed by atoms with Crippen LogP contribution in [0, 0.1) is 0 Å². The molecule has 0 bridgehead atoms. The molecule has 1 nitrogen and oxygen atoms in total. The van der Waals surface area contributed by atoms with E-state index in [0.29, 0.717) is 0 Å². The fraction of sp³-hybridized carbons (Fsp3) is 0.143. The molecule has 0 atom stereocenters. The van der Waals surface area contributed by atoms with Gasteiger partial charge in [0, 0.05) is 18.1 Å². The molecular formula is C14H14Cl2N-. The number of nitrogens with one attached hydrogen (secondary N) is 1. The van der Waals surface area contributed by atoms with Crippen LogP contribution in [0.15, 0.2) is 54.6 Å². The molecule has 0 aliphatic rings. The largest absolute Gasteiger partial charge is 1.00 e. The molecule has 2 aromatic rings. The lowest BCUT2D eigenvalue weighted by Crippen LogP contribution is -3.00. The van der Waals surface area contributed by atoms with Gasteiger partial charge in [0.2, 0.25) is 0 Å². The Morgan fingerprint density at radius 1 is 0.824 bits per heavy atom. The molecule has 0 saturated heterocycles. The molecule has 0 amide bonds. The van der Waals surface area contributed by atoms with Gasteiger partial charge < -0.3 is 17.7 Å². The van der Waals surface area contributed by atoms with Gasteiger partial charge in [0.1, 0.15) is 0 Å². The predicted octanol–water partition coefficient (Wildman–Crippen LogP) is 0.634. The van der Waals surface area contributed by atoms with Crippen molar-refractivity contribution in [3.63, 3.8) is 0 Å². The van der Waals surface area contributed by atoms with Gasteiger partial charge in [-0.25, -0.2) is 0 Å². The summed E-state index contributed by atoms with van der Waals surface area (Å²) in [5.74, 6) is 0. The average Bonchev–Trinajstić information content (AvgIpc) is 2.33. The Morgan fingerprint density at radius 3 is 2.18 bits per heavy atom. The van der Waals surface area contributed by atoms with Gasteiger partial charge in [0.05, 0.1) is 0 Å². The molecule has 0 aromatic heterocycles. The molecule has 0 aliphatic heterocycles. The van der Waals surface area contributed by atoms with Crippen molar-refractivity contribution in [3.8, 4) is 0 Å². The molecule has 90 valence electrons. The van der Waals surface area contributed by atoms with Gasteiger partial charge in [-0.3, -0.25) is 0 Å². The Morgan fingerprint density at radius 2 is 1.47 bits per heavy atom. The minimum atomic E-state index is 0. The van der Waals surface area contributed by atoms with Gasteiger partial charge in [0.25, 0.3) is 0 Å². The first-order chi connectivity index (χ1) is 7.86. The Kier molecular flexibility index (Phi) is 6.06. The molecule has 17 heavy (non-hydrogen) atoms. The standard InChI is InChI=1S/C14H14ClN.ClH/c15-14-9-5-4-8-13(14)11-16-10-12-6-2-1-3-7-12;/h1-9,16H,10-11H2;1H/p-1. The van der Waals surface area contributed by atoms with Crippen LogP contribution in [0.5, 0.6) is 0 Å². The first-order valence-corrected chi connectivity index (χ1v) is 5.72. The summed E-state index contributed by atoms with van der Waals surface area (Å²) in [6.45, 7) is 1.67. The first-order valence-electron chi connectivity index (χ1n) is 5.34. The fourth-order valence-electron chi connectivity index (χ4n) is 1.58. The topological polar surface area (TPSA) is 12.0 Å². The summed E-state index contributed by atoms with van der Waals surface area (Å²) >= 11 is 6.07. The summed E-state index contributed by atoms with van der Waals surface area (Å²) in [6.07, 6.45) is 0. The van der Waals surface area contributed by atoms with E-state index in [2.05, 4.69) is 17.4 Å². The Hall–Kier alpha value is -1.02. The van der Waals surface area contributed by atoms with E-state index < -0.39 is 0 Å². The van der Waals surface area contributed by atoms with Gasteiger partial charge in [-0.2, -0.15) is 0 Å². The van der Waals surface area contributed by atoms with E-state index in [1.807, 2.05) is 42.5 Å². The lowest BCUT2D eigenvalue weighted by Gasteiger charge is -2.06. The van der Waals surface area contributed by atoms with Crippen molar-refractivity contribution >= 4 is 11.6 Å². The van der Waals surface area contributed by atoms with Crippen LogP contribution in [-0.2, 0) is 13.1 Å². The van der Waals surface area contributed by atoms with Gasteiger partial charge in [-0.15, -0.1) is 0 Å². The highest BCUT2D eigenvalue weighted by Crippen LogP contribution is 2.14. The summed E-state index contributed by atoms with van der Waals surface area (Å²) in [7, 11) is 0. The summed E-state index contributed by atoms with van der Waals surface area (Å²) in [5, 5.41) is 4.20. The van der Waals surface area contributed by atoms with Crippen molar-refractivity contribution in [1.82, 2.24) is 5.32 Å². The van der Waals surface area contributed by atoms with Crippen LogP contribution < -0.4 is 17.7 Å². The fourth-order valence-corrected chi connectivity index (χ4v) is 1.78. The zero-order valence-corrected chi connectivity index (χ0v) is 10.9. The highest BCUT2D eigenvalue weighted by Gasteiger charge is 1.97. The summed E-state index contributed by atoms with van der Waals surface area (Å²) in [5.41, 5.74) is 2.43. The van der Waals surface area contributed by atoms with Crippen molar-refractivity contribution in [2.75, 3.05) is 0 Å². The van der Waals surface area contributed by atoms with Crippen LogP contribution in [0.4, 0.5) is 0 Å². The maximum Gasteiger partial charge on any atom is 0.0450 e. The van der Waals surface area contributed by atoms with Crippen LogP contribution in [0.1, 0.15) is 11.1 Å². The number of hydrogen-bond acceptors (Lipinski definition) is 1. The monoisotopic (exact) mass is 266 g/mol. The molecule has 2 aromatic carbocycles. The normalized spacial score (nSPS) is 9.71. The molecule has 0 saturated carbocycles. The second-order valence-electron chi connectivity index (χ2n) is 3.68. The number of benzene rings is 2. The van der Waals surface area contributed by atoms with E-state index in [1.165, 1.54) is 5.56 Å². The molecule has 2 rings (SSSR count). The first kappa shape index (κ1) is 14.0. The highest BCUT2D eigenvalue weighted by molar-refractivity contribution is 6.31. The van der Waals surface area contributed by atoms with E-state index in [4.69, 9.17) is 11.6 Å². The smallest absolute Gasteiger partial charge is 0.0450 e. The van der Waals surface area contributed by atoms with Crippen LogP contribution in [0.25, 0.3) is 0 Å². The van der Waals surface area contributed by atoms with Crippen LogP contribution in [0.3, 0.4) is 0 Å². The summed E-state index contributed by atoms with van der Waals surface area (Å²) in [6, 6.07) is 18.3. The third-order valence-electron chi connectivity index (χ3n) is 2.45. The summed E-state index contributed by atoms with van der Waals surface area (Å²) < 4.78 is 0. The zero-order chi connectivity index (χ0) is 11.2. The van der Waals surface area contributed by atoms with Crippen LogP contribution in [0.2, 0.25) is 5.02 Å². The molecule has 0 fully saturated rings. The van der Waals surface area contributed by atoms with E-state index >= 15 is 0 Å².